The zero-order chi connectivity index (χ0) is 45.0. The van der Waals surface area contributed by atoms with Crippen LogP contribution in [0.5, 0.6) is 0 Å². The number of phosphoric ester groups is 1. The standard InChI is InChI=1S/C51H98NO8P/c1-6-8-10-12-14-16-18-20-22-23-24-25-26-27-28-30-31-33-35-37-39-41-43-50(53)57-47-49(48-59-61(55,56)58-46-45-52(3,4)5)60-51(54)44-42-40-38-36-34-32-29-21-19-17-15-13-11-9-7-2/h21,29,34,36,49H,6-20,22-28,30-33,35,37-48H2,1-5H3/b29-21+,36-34+/t49-/m1/s1. The molecule has 0 aliphatic heterocycles. The van der Waals surface area contributed by atoms with Crippen molar-refractivity contribution in [2.75, 3.05) is 47.5 Å². The summed E-state index contributed by atoms with van der Waals surface area (Å²) in [6, 6.07) is 0. The van der Waals surface area contributed by atoms with Crippen LogP contribution in [0.1, 0.15) is 239 Å². The van der Waals surface area contributed by atoms with Gasteiger partial charge in [0.25, 0.3) is 7.82 Å². The molecule has 0 heterocycles. The van der Waals surface area contributed by atoms with Crippen molar-refractivity contribution in [3.8, 4) is 0 Å². The number of phosphoric acid groups is 1. The maximum Gasteiger partial charge on any atom is 0.306 e. The Morgan fingerprint density at radius 1 is 0.508 bits per heavy atom. The minimum atomic E-state index is -4.63. The molecule has 0 aromatic heterocycles. The second kappa shape index (κ2) is 43.7. The van der Waals surface area contributed by atoms with Crippen molar-refractivity contribution >= 4 is 19.8 Å². The smallest absolute Gasteiger partial charge is 0.306 e. The summed E-state index contributed by atoms with van der Waals surface area (Å²) in [5.41, 5.74) is 0. The second-order valence-electron chi connectivity index (χ2n) is 18.5. The Balaban J connectivity index is 4.22. The van der Waals surface area contributed by atoms with Crippen molar-refractivity contribution in [1.82, 2.24) is 0 Å². The van der Waals surface area contributed by atoms with Gasteiger partial charge in [0.05, 0.1) is 27.7 Å². The lowest BCUT2D eigenvalue weighted by Gasteiger charge is -2.28. The molecule has 10 heteroatoms. The van der Waals surface area contributed by atoms with Gasteiger partial charge in [-0.25, -0.2) is 0 Å². The number of unbranched alkanes of at least 4 members (excludes halogenated alkanes) is 29. The molecule has 0 radical (unpaired) electrons. The van der Waals surface area contributed by atoms with E-state index in [-0.39, 0.29) is 32.0 Å². The van der Waals surface area contributed by atoms with E-state index in [1.807, 2.05) is 21.1 Å². The van der Waals surface area contributed by atoms with Crippen LogP contribution in [0.15, 0.2) is 24.3 Å². The summed E-state index contributed by atoms with van der Waals surface area (Å²) in [5, 5.41) is 0. The molecule has 0 aromatic carbocycles. The first-order valence-corrected chi connectivity index (χ1v) is 27.0. The van der Waals surface area contributed by atoms with Gasteiger partial charge >= 0.3 is 11.9 Å². The maximum absolute atomic E-state index is 12.7. The topological polar surface area (TPSA) is 111 Å². The number of hydrogen-bond donors (Lipinski definition) is 0. The summed E-state index contributed by atoms with van der Waals surface area (Å²) in [4.78, 5) is 37.6. The average Bonchev–Trinajstić information content (AvgIpc) is 3.21. The average molecular weight is 884 g/mol. The highest BCUT2D eigenvalue weighted by Crippen LogP contribution is 2.38. The van der Waals surface area contributed by atoms with Gasteiger partial charge < -0.3 is 27.9 Å². The summed E-state index contributed by atoms with van der Waals surface area (Å²) in [7, 11) is 1.16. The van der Waals surface area contributed by atoms with Gasteiger partial charge in [0, 0.05) is 12.8 Å². The monoisotopic (exact) mass is 884 g/mol. The van der Waals surface area contributed by atoms with Crippen molar-refractivity contribution in [1.29, 1.82) is 0 Å². The molecule has 0 rings (SSSR count). The zero-order valence-corrected chi connectivity index (χ0v) is 41.5. The number of carbonyl (C=O) groups is 2. The van der Waals surface area contributed by atoms with Gasteiger partial charge in [-0.05, 0) is 44.9 Å². The summed E-state index contributed by atoms with van der Waals surface area (Å²) in [5.74, 6) is -0.861. The molecule has 0 bridgehead atoms. The SMILES string of the molecule is CCCCCCCC/C=C/C/C=C/CCCCC(=O)O[C@H](COC(=O)CCCCCCCCCCCCCCCCCCCCCCCC)COP(=O)([O-])OCC[N+](C)(C)C. The fraction of sp³-hybridized carbons (Fsp3) is 0.882. The predicted molar refractivity (Wildman–Crippen MR) is 254 cm³/mol. The van der Waals surface area contributed by atoms with Gasteiger partial charge in [-0.1, -0.05) is 205 Å². The van der Waals surface area contributed by atoms with Gasteiger partial charge in [-0.2, -0.15) is 0 Å². The van der Waals surface area contributed by atoms with Crippen molar-refractivity contribution in [2.45, 2.75) is 245 Å². The zero-order valence-electron chi connectivity index (χ0n) is 40.6. The number of likely N-dealkylation sites (N-methyl/N-ethyl adjacent to an activating group) is 1. The van der Waals surface area contributed by atoms with E-state index in [0.29, 0.717) is 17.4 Å². The Morgan fingerprint density at radius 2 is 0.885 bits per heavy atom. The number of ether oxygens (including phenoxy) is 2. The summed E-state index contributed by atoms with van der Waals surface area (Å²) >= 11 is 0. The van der Waals surface area contributed by atoms with Crippen LogP contribution in [0, 0.1) is 0 Å². The Kier molecular flexibility index (Phi) is 42.6. The van der Waals surface area contributed by atoms with Crippen LogP contribution in [0.2, 0.25) is 0 Å². The second-order valence-corrected chi connectivity index (χ2v) is 20.0. The van der Waals surface area contributed by atoms with E-state index in [1.165, 1.54) is 161 Å². The minimum absolute atomic E-state index is 0.0345. The van der Waals surface area contributed by atoms with E-state index in [0.717, 1.165) is 44.9 Å². The molecule has 0 amide bonds. The lowest BCUT2D eigenvalue weighted by Crippen LogP contribution is -2.37. The van der Waals surface area contributed by atoms with E-state index in [4.69, 9.17) is 18.5 Å². The number of rotatable bonds is 47. The van der Waals surface area contributed by atoms with Crippen molar-refractivity contribution in [3.05, 3.63) is 24.3 Å². The third kappa shape index (κ3) is 47.8. The van der Waals surface area contributed by atoms with Crippen LogP contribution < -0.4 is 4.89 Å². The highest BCUT2D eigenvalue weighted by Gasteiger charge is 2.21. The first-order chi connectivity index (χ1) is 29.5. The van der Waals surface area contributed by atoms with Crippen LogP contribution in [0.25, 0.3) is 0 Å². The molecule has 0 aliphatic rings. The van der Waals surface area contributed by atoms with Crippen LogP contribution in [-0.2, 0) is 32.7 Å². The Bertz CT molecular complexity index is 1090. The predicted octanol–water partition coefficient (Wildman–Crippen LogP) is 14.5. The third-order valence-corrected chi connectivity index (χ3v) is 12.2. The quantitative estimate of drug-likeness (QED) is 0.0195. The highest BCUT2D eigenvalue weighted by atomic mass is 31.2. The molecule has 2 atom stereocenters. The molecule has 0 N–H and O–H groups in total. The van der Waals surface area contributed by atoms with Crippen molar-refractivity contribution in [2.24, 2.45) is 0 Å². The number of hydrogen-bond acceptors (Lipinski definition) is 8. The minimum Gasteiger partial charge on any atom is -0.756 e. The highest BCUT2D eigenvalue weighted by molar-refractivity contribution is 7.45. The van der Waals surface area contributed by atoms with Crippen LogP contribution in [-0.4, -0.2) is 70.0 Å². The number of carbonyl (C=O) groups excluding carboxylic acids is 2. The Morgan fingerprint density at radius 3 is 1.33 bits per heavy atom. The van der Waals surface area contributed by atoms with Gasteiger partial charge in [-0.15, -0.1) is 0 Å². The van der Waals surface area contributed by atoms with E-state index >= 15 is 0 Å². The number of allylic oxidation sites excluding steroid dienone is 4. The fourth-order valence-electron chi connectivity index (χ4n) is 7.22. The Labute approximate surface area is 377 Å². The molecule has 1 unspecified atom stereocenters. The molecule has 0 spiro atoms. The third-order valence-electron chi connectivity index (χ3n) is 11.2. The van der Waals surface area contributed by atoms with Crippen molar-refractivity contribution < 1.29 is 42.1 Å². The normalized spacial score (nSPS) is 13.6. The van der Waals surface area contributed by atoms with Gasteiger partial charge in [0.15, 0.2) is 6.10 Å². The number of esters is 2. The molecule has 0 aliphatic carbocycles. The van der Waals surface area contributed by atoms with Gasteiger partial charge in [0.1, 0.15) is 19.8 Å². The fourth-order valence-corrected chi connectivity index (χ4v) is 7.94. The summed E-state index contributed by atoms with van der Waals surface area (Å²) < 4.78 is 34.0. The Hall–Kier alpha value is -1.51. The molecule has 61 heavy (non-hydrogen) atoms. The van der Waals surface area contributed by atoms with Crippen molar-refractivity contribution in [3.63, 3.8) is 0 Å². The molecule has 360 valence electrons. The van der Waals surface area contributed by atoms with Gasteiger partial charge in [0.2, 0.25) is 0 Å². The lowest BCUT2D eigenvalue weighted by atomic mass is 10.0. The maximum atomic E-state index is 12.7. The van der Waals surface area contributed by atoms with E-state index < -0.39 is 26.5 Å². The first kappa shape index (κ1) is 59.5. The molecule has 0 aromatic rings. The van der Waals surface area contributed by atoms with E-state index in [2.05, 4.69) is 38.2 Å². The number of nitrogens with zero attached hydrogens (tertiary/aromatic N) is 1. The molecular weight excluding hydrogens is 786 g/mol. The van der Waals surface area contributed by atoms with Gasteiger partial charge in [-0.3, -0.25) is 14.2 Å². The summed E-state index contributed by atoms with van der Waals surface area (Å²) in [6.45, 7) is 4.22. The summed E-state index contributed by atoms with van der Waals surface area (Å²) in [6.07, 6.45) is 49.3. The van der Waals surface area contributed by atoms with Crippen LogP contribution >= 0.6 is 7.82 Å². The molecular formula is C51H98NO8P. The van der Waals surface area contributed by atoms with E-state index in [1.54, 1.807) is 0 Å². The first-order valence-electron chi connectivity index (χ1n) is 25.5. The van der Waals surface area contributed by atoms with Crippen LogP contribution in [0.4, 0.5) is 0 Å². The number of quaternary nitrogens is 1. The lowest BCUT2D eigenvalue weighted by molar-refractivity contribution is -0.870. The van der Waals surface area contributed by atoms with E-state index in [9.17, 15) is 19.0 Å². The molecule has 0 saturated carbocycles. The molecule has 9 nitrogen and oxygen atoms in total. The molecule has 0 saturated heterocycles. The van der Waals surface area contributed by atoms with Crippen LogP contribution in [0.3, 0.4) is 0 Å². The molecule has 0 fully saturated rings. The largest absolute Gasteiger partial charge is 0.756 e.